The summed E-state index contributed by atoms with van der Waals surface area (Å²) in [6.45, 7) is 4.54. The minimum absolute atomic E-state index is 0.0706. The molecule has 31 heavy (non-hydrogen) atoms. The van der Waals surface area contributed by atoms with Gasteiger partial charge >= 0.3 is 0 Å². The number of likely N-dealkylation sites (tertiary alicyclic amines) is 1. The Kier molecular flexibility index (Phi) is 6.65. The van der Waals surface area contributed by atoms with Gasteiger partial charge in [0.1, 0.15) is 11.6 Å². The van der Waals surface area contributed by atoms with Crippen LogP contribution in [0.1, 0.15) is 49.1 Å². The molecule has 1 aromatic heterocycles. The molecule has 162 valence electrons. The number of halogens is 1. The predicted octanol–water partition coefficient (Wildman–Crippen LogP) is 4.98. The molecule has 6 heteroatoms. The summed E-state index contributed by atoms with van der Waals surface area (Å²) in [5.41, 5.74) is 9.22. The van der Waals surface area contributed by atoms with Crippen molar-refractivity contribution >= 4 is 5.96 Å². The van der Waals surface area contributed by atoms with Crippen LogP contribution in [0.3, 0.4) is 0 Å². The second-order valence-corrected chi connectivity index (χ2v) is 8.08. The Hall–Kier alpha value is -3.15. The van der Waals surface area contributed by atoms with E-state index in [9.17, 15) is 4.39 Å². The fourth-order valence-electron chi connectivity index (χ4n) is 3.98. The fourth-order valence-corrected chi connectivity index (χ4v) is 3.98. The molecule has 1 aliphatic rings. The number of benzene rings is 2. The molecular weight excluding hydrogens is 391 g/mol. The van der Waals surface area contributed by atoms with Crippen LogP contribution >= 0.6 is 0 Å². The zero-order valence-corrected chi connectivity index (χ0v) is 17.9. The van der Waals surface area contributed by atoms with E-state index in [2.05, 4.69) is 15.0 Å². The Morgan fingerprint density at radius 1 is 1.13 bits per heavy atom. The Labute approximate surface area is 182 Å². The van der Waals surface area contributed by atoms with Crippen molar-refractivity contribution in [3.8, 4) is 11.1 Å². The lowest BCUT2D eigenvalue weighted by atomic mass is 9.94. The molecule has 3 aromatic rings. The molecule has 1 saturated heterocycles. The smallest absolute Gasteiger partial charge is 0.191 e. The first-order valence-corrected chi connectivity index (χ1v) is 11.0. The lowest BCUT2D eigenvalue weighted by Crippen LogP contribution is -2.41. The number of rotatable bonds is 6. The van der Waals surface area contributed by atoms with Gasteiger partial charge in [-0.2, -0.15) is 0 Å². The highest BCUT2D eigenvalue weighted by atomic mass is 19.1. The summed E-state index contributed by atoms with van der Waals surface area (Å²) in [5, 5.41) is 4.20. The normalized spacial score (nSPS) is 15.8. The van der Waals surface area contributed by atoms with Crippen LogP contribution in [-0.4, -0.2) is 35.7 Å². The number of aliphatic imine (C=N–C) groups is 1. The first-order chi connectivity index (χ1) is 15.1. The highest BCUT2D eigenvalue weighted by Gasteiger charge is 2.17. The van der Waals surface area contributed by atoms with Gasteiger partial charge in [-0.05, 0) is 36.5 Å². The number of aromatic nitrogens is 1. The summed E-state index contributed by atoms with van der Waals surface area (Å²) < 4.78 is 20.2. The van der Waals surface area contributed by atoms with E-state index < -0.39 is 0 Å². The minimum Gasteiger partial charge on any atom is -0.370 e. The number of hydrogen-bond donors (Lipinski definition) is 1. The predicted molar refractivity (Wildman–Crippen MR) is 121 cm³/mol. The van der Waals surface area contributed by atoms with Gasteiger partial charge in [0.15, 0.2) is 5.96 Å². The van der Waals surface area contributed by atoms with E-state index in [0.29, 0.717) is 24.5 Å². The van der Waals surface area contributed by atoms with Crippen molar-refractivity contribution in [2.45, 2.75) is 38.5 Å². The summed E-state index contributed by atoms with van der Waals surface area (Å²) in [6.07, 6.45) is 4.25. The molecule has 1 atom stereocenters. The van der Waals surface area contributed by atoms with Crippen LogP contribution in [0.25, 0.3) is 11.1 Å². The van der Waals surface area contributed by atoms with Crippen molar-refractivity contribution in [1.29, 1.82) is 0 Å². The maximum atomic E-state index is 14.7. The minimum atomic E-state index is -0.234. The van der Waals surface area contributed by atoms with Gasteiger partial charge in [0.2, 0.25) is 0 Å². The molecule has 4 rings (SSSR count). The molecule has 0 aliphatic carbocycles. The van der Waals surface area contributed by atoms with E-state index in [-0.39, 0.29) is 11.7 Å². The zero-order chi connectivity index (χ0) is 21.6. The Morgan fingerprint density at radius 2 is 1.90 bits per heavy atom. The molecule has 1 aliphatic heterocycles. The van der Waals surface area contributed by atoms with E-state index in [1.807, 2.05) is 55.5 Å². The van der Waals surface area contributed by atoms with Gasteiger partial charge in [-0.15, -0.1) is 0 Å². The standard InChI is InChI=1S/C25H29FN4O/c1-18(20-10-11-22(23(26)16-20)19-8-4-2-5-9-19)24-17-21(31-29-24)12-13-28-25(27)30-14-6-3-7-15-30/h2,4-5,8-11,16-18H,3,6-7,12-15H2,1H3,(H2,27,28). The van der Waals surface area contributed by atoms with E-state index in [4.69, 9.17) is 10.3 Å². The molecule has 5 nitrogen and oxygen atoms in total. The second kappa shape index (κ2) is 9.77. The van der Waals surface area contributed by atoms with Gasteiger partial charge < -0.3 is 15.2 Å². The lowest BCUT2D eigenvalue weighted by molar-refractivity contribution is 0.337. The van der Waals surface area contributed by atoms with Gasteiger partial charge in [-0.1, -0.05) is 54.5 Å². The Morgan fingerprint density at radius 3 is 2.65 bits per heavy atom. The number of nitrogens with two attached hydrogens (primary N) is 1. The highest BCUT2D eigenvalue weighted by molar-refractivity contribution is 5.78. The molecular formula is C25H29FN4O. The van der Waals surface area contributed by atoms with Crippen molar-refractivity contribution in [3.05, 3.63) is 77.4 Å². The SMILES string of the molecule is CC(c1ccc(-c2ccccc2)c(F)c1)c1cc(CCN=C(N)N2CCCCC2)on1. The highest BCUT2D eigenvalue weighted by Crippen LogP contribution is 2.29. The third kappa shape index (κ3) is 5.13. The van der Waals surface area contributed by atoms with Crippen LogP contribution in [0.2, 0.25) is 0 Å². The zero-order valence-electron chi connectivity index (χ0n) is 17.9. The number of hydrogen-bond acceptors (Lipinski definition) is 3. The van der Waals surface area contributed by atoms with Gasteiger partial charge in [-0.3, -0.25) is 4.99 Å². The lowest BCUT2D eigenvalue weighted by Gasteiger charge is -2.27. The maximum absolute atomic E-state index is 14.7. The molecule has 0 bridgehead atoms. The van der Waals surface area contributed by atoms with Gasteiger partial charge in [0.25, 0.3) is 0 Å². The second-order valence-electron chi connectivity index (χ2n) is 8.08. The van der Waals surface area contributed by atoms with E-state index in [0.717, 1.165) is 35.7 Å². The first-order valence-electron chi connectivity index (χ1n) is 11.0. The molecule has 2 N–H and O–H groups in total. The molecule has 0 saturated carbocycles. The van der Waals surface area contributed by atoms with Gasteiger partial charge in [0.05, 0.1) is 5.69 Å². The number of nitrogens with zero attached hydrogens (tertiary/aromatic N) is 3. The summed E-state index contributed by atoms with van der Waals surface area (Å²) in [7, 11) is 0. The summed E-state index contributed by atoms with van der Waals surface area (Å²) >= 11 is 0. The monoisotopic (exact) mass is 420 g/mol. The largest absolute Gasteiger partial charge is 0.370 e. The number of guanidine groups is 1. The molecule has 2 aromatic carbocycles. The van der Waals surface area contributed by atoms with Crippen LogP contribution < -0.4 is 5.73 Å². The third-order valence-corrected chi connectivity index (χ3v) is 5.91. The molecule has 1 unspecified atom stereocenters. The van der Waals surface area contributed by atoms with Crippen LogP contribution in [0.5, 0.6) is 0 Å². The Balaban J connectivity index is 1.39. The Bertz CT molecular complexity index is 1030. The van der Waals surface area contributed by atoms with Crippen LogP contribution in [0, 0.1) is 5.82 Å². The van der Waals surface area contributed by atoms with Gasteiger partial charge in [0, 0.05) is 43.6 Å². The summed E-state index contributed by atoms with van der Waals surface area (Å²) in [6, 6.07) is 16.9. The molecule has 0 spiro atoms. The quantitative estimate of drug-likeness (QED) is 0.451. The average Bonchev–Trinajstić information content (AvgIpc) is 3.28. The number of piperidine rings is 1. The van der Waals surface area contributed by atoms with E-state index in [1.165, 1.54) is 19.3 Å². The van der Waals surface area contributed by atoms with E-state index in [1.54, 1.807) is 6.07 Å². The van der Waals surface area contributed by atoms with Crippen molar-refractivity contribution in [2.75, 3.05) is 19.6 Å². The molecule has 0 amide bonds. The van der Waals surface area contributed by atoms with Crippen molar-refractivity contribution in [2.24, 2.45) is 10.7 Å². The summed E-state index contributed by atoms with van der Waals surface area (Å²) in [4.78, 5) is 6.63. The van der Waals surface area contributed by atoms with Crippen LogP contribution in [0.4, 0.5) is 4.39 Å². The maximum Gasteiger partial charge on any atom is 0.191 e. The molecule has 0 radical (unpaired) electrons. The van der Waals surface area contributed by atoms with Crippen molar-refractivity contribution in [1.82, 2.24) is 10.1 Å². The van der Waals surface area contributed by atoms with Crippen LogP contribution in [0.15, 0.2) is 64.1 Å². The molecule has 1 fully saturated rings. The van der Waals surface area contributed by atoms with Crippen molar-refractivity contribution < 1.29 is 8.91 Å². The third-order valence-electron chi connectivity index (χ3n) is 5.91. The fraction of sp³-hybridized carbons (Fsp3) is 0.360. The average molecular weight is 421 g/mol. The topological polar surface area (TPSA) is 67.7 Å². The summed E-state index contributed by atoms with van der Waals surface area (Å²) in [5.74, 6) is 1.07. The van der Waals surface area contributed by atoms with Crippen LogP contribution in [-0.2, 0) is 6.42 Å². The van der Waals surface area contributed by atoms with Crippen molar-refractivity contribution in [3.63, 3.8) is 0 Å². The first kappa shape index (κ1) is 21.1. The molecule has 2 heterocycles. The van der Waals surface area contributed by atoms with Gasteiger partial charge in [-0.25, -0.2) is 4.39 Å². The van der Waals surface area contributed by atoms with E-state index >= 15 is 0 Å².